The van der Waals surface area contributed by atoms with Gasteiger partial charge in [-0.3, -0.25) is 4.79 Å². The summed E-state index contributed by atoms with van der Waals surface area (Å²) in [5.74, 6) is 0.352. The number of rotatable bonds is 5. The van der Waals surface area contributed by atoms with Gasteiger partial charge in [0.15, 0.2) is 5.69 Å². The summed E-state index contributed by atoms with van der Waals surface area (Å²) in [7, 11) is 0. The zero-order chi connectivity index (χ0) is 17.1. The Labute approximate surface area is 147 Å². The highest BCUT2D eigenvalue weighted by Gasteiger charge is 2.18. The summed E-state index contributed by atoms with van der Waals surface area (Å²) in [4.78, 5) is 12.5. The lowest BCUT2D eigenvalue weighted by Gasteiger charge is -2.07. The van der Waals surface area contributed by atoms with E-state index in [4.69, 9.17) is 0 Å². The first kappa shape index (κ1) is 16.4. The molecule has 0 radical (unpaired) electrons. The Kier molecular flexibility index (Phi) is 4.75. The number of aryl methyl sites for hydroxylation is 1. The van der Waals surface area contributed by atoms with Crippen LogP contribution < -0.4 is 5.32 Å². The zero-order valence-corrected chi connectivity index (χ0v) is 15.0. The van der Waals surface area contributed by atoms with E-state index in [0.717, 1.165) is 23.1 Å². The van der Waals surface area contributed by atoms with E-state index in [1.165, 1.54) is 0 Å². The fourth-order valence-corrected chi connectivity index (χ4v) is 2.78. The van der Waals surface area contributed by atoms with Gasteiger partial charge >= 0.3 is 0 Å². The van der Waals surface area contributed by atoms with Crippen molar-refractivity contribution in [3.63, 3.8) is 0 Å². The average Bonchev–Trinajstić information content (AvgIpc) is 3.14. The number of nitrogens with zero attached hydrogens (tertiary/aromatic N) is 5. The fraction of sp³-hybridized carbons (Fsp3) is 0.250. The normalized spacial score (nSPS) is 10.8. The number of amides is 1. The minimum absolute atomic E-state index is 0.291. The van der Waals surface area contributed by atoms with Gasteiger partial charge in [0.25, 0.3) is 5.91 Å². The lowest BCUT2D eigenvalue weighted by Crippen LogP contribution is -2.17. The van der Waals surface area contributed by atoms with E-state index >= 15 is 0 Å². The van der Waals surface area contributed by atoms with E-state index in [9.17, 15) is 4.79 Å². The summed E-state index contributed by atoms with van der Waals surface area (Å²) in [5.41, 5.74) is 1.80. The third-order valence-electron chi connectivity index (χ3n) is 3.56. The topological polar surface area (TPSA) is 77.6 Å². The summed E-state index contributed by atoms with van der Waals surface area (Å²) in [6, 6.07) is 9.42. The number of nitrogens with one attached hydrogen (secondary N) is 1. The molecule has 0 bridgehead atoms. The molecule has 3 rings (SSSR count). The maximum Gasteiger partial charge on any atom is 0.279 e. The quantitative estimate of drug-likeness (QED) is 0.727. The Balaban J connectivity index is 1.85. The molecule has 0 saturated carbocycles. The van der Waals surface area contributed by atoms with Gasteiger partial charge in [-0.15, -0.1) is 5.10 Å². The Morgan fingerprint density at radius 3 is 2.92 bits per heavy atom. The van der Waals surface area contributed by atoms with Crippen molar-refractivity contribution in [2.75, 3.05) is 5.32 Å². The number of halogens is 1. The van der Waals surface area contributed by atoms with Crippen LogP contribution in [0.2, 0.25) is 0 Å². The van der Waals surface area contributed by atoms with Crippen LogP contribution >= 0.6 is 15.9 Å². The van der Waals surface area contributed by atoms with E-state index < -0.39 is 0 Å². The van der Waals surface area contributed by atoms with Gasteiger partial charge in [-0.1, -0.05) is 34.1 Å². The van der Waals surface area contributed by atoms with Crippen molar-refractivity contribution in [3.8, 4) is 5.69 Å². The molecule has 1 aromatic carbocycles. The van der Waals surface area contributed by atoms with E-state index in [2.05, 4.69) is 43.6 Å². The van der Waals surface area contributed by atoms with Crippen molar-refractivity contribution < 1.29 is 4.79 Å². The van der Waals surface area contributed by atoms with Gasteiger partial charge < -0.3 is 5.32 Å². The molecule has 0 spiro atoms. The molecule has 0 atom stereocenters. The second-order valence-corrected chi connectivity index (χ2v) is 6.22. The van der Waals surface area contributed by atoms with Gasteiger partial charge in [0.05, 0.1) is 17.6 Å². The van der Waals surface area contributed by atoms with E-state index in [1.54, 1.807) is 21.6 Å². The second kappa shape index (κ2) is 6.96. The van der Waals surface area contributed by atoms with Crippen molar-refractivity contribution in [1.82, 2.24) is 24.8 Å². The molecule has 0 fully saturated rings. The Morgan fingerprint density at radius 1 is 1.33 bits per heavy atom. The van der Waals surface area contributed by atoms with E-state index in [1.807, 2.05) is 31.2 Å². The van der Waals surface area contributed by atoms with E-state index in [0.29, 0.717) is 17.2 Å². The van der Waals surface area contributed by atoms with Gasteiger partial charge in [-0.05, 0) is 31.5 Å². The molecule has 124 valence electrons. The number of hydrogen-bond donors (Lipinski definition) is 1. The number of anilines is 1. The highest BCUT2D eigenvalue weighted by Crippen LogP contribution is 2.18. The summed E-state index contributed by atoms with van der Waals surface area (Å²) in [5, 5.41) is 15.2. The van der Waals surface area contributed by atoms with Gasteiger partial charge in [-0.25, -0.2) is 9.36 Å². The molecule has 1 N–H and O–H groups in total. The molecule has 0 aliphatic rings. The van der Waals surface area contributed by atoms with Crippen LogP contribution in [0.3, 0.4) is 0 Å². The molecule has 7 nitrogen and oxygen atoms in total. The van der Waals surface area contributed by atoms with Crippen molar-refractivity contribution in [3.05, 3.63) is 52.4 Å². The Morgan fingerprint density at radius 2 is 2.17 bits per heavy atom. The van der Waals surface area contributed by atoms with Crippen molar-refractivity contribution in [1.29, 1.82) is 0 Å². The smallest absolute Gasteiger partial charge is 0.279 e. The molecule has 24 heavy (non-hydrogen) atoms. The van der Waals surface area contributed by atoms with Crippen LogP contribution in [-0.4, -0.2) is 30.7 Å². The Bertz CT molecular complexity index is 869. The first-order valence-electron chi connectivity index (χ1n) is 7.61. The SMILES string of the molecule is CCCn1nccc1NC(=O)c1nnn(-c2cccc(Br)c2)c1C. The van der Waals surface area contributed by atoms with Crippen LogP contribution in [-0.2, 0) is 6.54 Å². The van der Waals surface area contributed by atoms with Gasteiger partial charge in [-0.2, -0.15) is 5.10 Å². The molecule has 0 saturated heterocycles. The molecule has 0 unspecified atom stereocenters. The predicted octanol–water partition coefficient (Wildman–Crippen LogP) is 3.20. The summed E-state index contributed by atoms with van der Waals surface area (Å²) in [6.45, 7) is 4.62. The lowest BCUT2D eigenvalue weighted by molar-refractivity contribution is 0.102. The lowest BCUT2D eigenvalue weighted by atomic mass is 10.3. The number of carbonyl (C=O) groups is 1. The monoisotopic (exact) mass is 388 g/mol. The fourth-order valence-electron chi connectivity index (χ4n) is 2.40. The third-order valence-corrected chi connectivity index (χ3v) is 4.05. The predicted molar refractivity (Wildman–Crippen MR) is 94.3 cm³/mol. The number of aromatic nitrogens is 5. The van der Waals surface area contributed by atoms with Crippen LogP contribution in [0.4, 0.5) is 5.82 Å². The molecular weight excluding hydrogens is 372 g/mol. The first-order valence-corrected chi connectivity index (χ1v) is 8.41. The van der Waals surface area contributed by atoms with Crippen molar-refractivity contribution in [2.45, 2.75) is 26.8 Å². The molecule has 1 amide bonds. The second-order valence-electron chi connectivity index (χ2n) is 5.31. The summed E-state index contributed by atoms with van der Waals surface area (Å²) >= 11 is 3.43. The number of benzene rings is 1. The average molecular weight is 389 g/mol. The standard InChI is InChI=1S/C16H17BrN6O/c1-3-9-22-14(7-8-18-22)19-16(24)15-11(2)23(21-20-15)13-6-4-5-12(17)10-13/h4-8,10H,3,9H2,1-2H3,(H,19,24). The zero-order valence-electron chi connectivity index (χ0n) is 13.4. The minimum atomic E-state index is -0.299. The molecule has 2 aromatic heterocycles. The summed E-state index contributed by atoms with van der Waals surface area (Å²) < 4.78 is 4.33. The maximum absolute atomic E-state index is 12.5. The molecule has 3 aromatic rings. The van der Waals surface area contributed by atoms with Gasteiger partial charge in [0, 0.05) is 17.1 Å². The van der Waals surface area contributed by atoms with Crippen LogP contribution in [0, 0.1) is 6.92 Å². The van der Waals surface area contributed by atoms with Crippen molar-refractivity contribution >= 4 is 27.7 Å². The molecule has 0 aliphatic carbocycles. The maximum atomic E-state index is 12.5. The van der Waals surface area contributed by atoms with Crippen LogP contribution in [0.25, 0.3) is 5.69 Å². The number of carbonyl (C=O) groups excluding carboxylic acids is 1. The van der Waals surface area contributed by atoms with Crippen molar-refractivity contribution in [2.24, 2.45) is 0 Å². The first-order chi connectivity index (χ1) is 11.6. The minimum Gasteiger partial charge on any atom is -0.305 e. The highest BCUT2D eigenvalue weighted by atomic mass is 79.9. The van der Waals surface area contributed by atoms with Gasteiger partial charge in [0.2, 0.25) is 0 Å². The van der Waals surface area contributed by atoms with Crippen LogP contribution in [0.15, 0.2) is 41.0 Å². The molecule has 8 heteroatoms. The van der Waals surface area contributed by atoms with Gasteiger partial charge in [0.1, 0.15) is 5.82 Å². The molecule has 0 aliphatic heterocycles. The third kappa shape index (κ3) is 3.23. The molecular formula is C16H17BrN6O. The van der Waals surface area contributed by atoms with Crippen LogP contribution in [0.1, 0.15) is 29.5 Å². The summed E-state index contributed by atoms with van der Waals surface area (Å²) in [6.07, 6.45) is 2.60. The van der Waals surface area contributed by atoms with Crippen LogP contribution in [0.5, 0.6) is 0 Å². The number of hydrogen-bond acceptors (Lipinski definition) is 4. The largest absolute Gasteiger partial charge is 0.305 e. The van der Waals surface area contributed by atoms with E-state index in [-0.39, 0.29) is 5.91 Å². The Hall–Kier alpha value is -2.48. The highest BCUT2D eigenvalue weighted by molar-refractivity contribution is 9.10. The molecule has 2 heterocycles.